The lowest BCUT2D eigenvalue weighted by atomic mass is 10.0. The SMILES string of the molecule is NC(CC(=O)NCCc1cccnc1)c1ccccc1. The zero-order chi connectivity index (χ0) is 14.2. The lowest BCUT2D eigenvalue weighted by Gasteiger charge is -2.12. The van der Waals surface area contributed by atoms with E-state index in [0.717, 1.165) is 17.5 Å². The summed E-state index contributed by atoms with van der Waals surface area (Å²) in [5, 5.41) is 2.89. The molecule has 0 spiro atoms. The quantitative estimate of drug-likeness (QED) is 0.840. The number of hydrogen-bond donors (Lipinski definition) is 2. The second-order valence-electron chi connectivity index (χ2n) is 4.68. The molecule has 4 heteroatoms. The first-order chi connectivity index (χ1) is 9.75. The number of benzene rings is 1. The highest BCUT2D eigenvalue weighted by atomic mass is 16.1. The van der Waals surface area contributed by atoms with Crippen molar-refractivity contribution in [3.8, 4) is 0 Å². The van der Waals surface area contributed by atoms with Crippen molar-refractivity contribution in [1.82, 2.24) is 10.3 Å². The van der Waals surface area contributed by atoms with Gasteiger partial charge in [0.15, 0.2) is 0 Å². The van der Waals surface area contributed by atoms with Gasteiger partial charge in [-0.2, -0.15) is 0 Å². The summed E-state index contributed by atoms with van der Waals surface area (Å²) in [6, 6.07) is 13.3. The van der Waals surface area contributed by atoms with Gasteiger partial charge >= 0.3 is 0 Å². The van der Waals surface area contributed by atoms with E-state index in [4.69, 9.17) is 5.73 Å². The standard InChI is InChI=1S/C16H19N3O/c17-15(14-6-2-1-3-7-14)11-16(20)19-10-8-13-5-4-9-18-12-13/h1-7,9,12,15H,8,10-11,17H2,(H,19,20). The van der Waals surface area contributed by atoms with Crippen LogP contribution < -0.4 is 11.1 Å². The monoisotopic (exact) mass is 269 g/mol. The van der Waals surface area contributed by atoms with Gasteiger partial charge in [-0.1, -0.05) is 36.4 Å². The van der Waals surface area contributed by atoms with Crippen LogP contribution in [0.1, 0.15) is 23.6 Å². The van der Waals surface area contributed by atoms with E-state index in [0.29, 0.717) is 13.0 Å². The first kappa shape index (κ1) is 14.2. The van der Waals surface area contributed by atoms with Crippen molar-refractivity contribution in [3.63, 3.8) is 0 Å². The second kappa shape index (κ2) is 7.40. The maximum absolute atomic E-state index is 11.8. The van der Waals surface area contributed by atoms with Crippen molar-refractivity contribution in [2.24, 2.45) is 5.73 Å². The molecule has 1 atom stereocenters. The summed E-state index contributed by atoms with van der Waals surface area (Å²) in [6.45, 7) is 0.603. The molecule has 4 nitrogen and oxygen atoms in total. The molecule has 0 saturated carbocycles. The third kappa shape index (κ3) is 4.48. The highest BCUT2D eigenvalue weighted by molar-refractivity contribution is 5.76. The van der Waals surface area contributed by atoms with Gasteiger partial charge in [0.2, 0.25) is 5.91 Å². The molecule has 0 fully saturated rings. The molecular formula is C16H19N3O. The van der Waals surface area contributed by atoms with E-state index in [1.54, 1.807) is 6.20 Å². The number of pyridine rings is 1. The fourth-order valence-electron chi connectivity index (χ4n) is 1.98. The molecule has 0 aliphatic carbocycles. The van der Waals surface area contributed by atoms with Crippen LogP contribution in [0.3, 0.4) is 0 Å². The molecule has 0 bridgehead atoms. The van der Waals surface area contributed by atoms with Crippen LogP contribution in [0, 0.1) is 0 Å². The van der Waals surface area contributed by atoms with Crippen LogP contribution in [-0.4, -0.2) is 17.4 Å². The third-order valence-electron chi connectivity index (χ3n) is 3.09. The van der Waals surface area contributed by atoms with Crippen molar-refractivity contribution in [2.45, 2.75) is 18.9 Å². The Bertz CT molecular complexity index is 528. The summed E-state index contributed by atoms with van der Waals surface area (Å²) in [5.41, 5.74) is 8.10. The van der Waals surface area contributed by atoms with Gasteiger partial charge in [-0.15, -0.1) is 0 Å². The average molecular weight is 269 g/mol. The van der Waals surface area contributed by atoms with Crippen molar-refractivity contribution < 1.29 is 4.79 Å². The number of amides is 1. The van der Waals surface area contributed by atoms with Crippen LogP contribution in [0.25, 0.3) is 0 Å². The number of carbonyl (C=O) groups is 1. The highest BCUT2D eigenvalue weighted by Crippen LogP contribution is 2.12. The Morgan fingerprint density at radius 1 is 1.20 bits per heavy atom. The van der Waals surface area contributed by atoms with Crippen LogP contribution in [0.15, 0.2) is 54.9 Å². The average Bonchev–Trinajstić information content (AvgIpc) is 2.49. The minimum Gasteiger partial charge on any atom is -0.356 e. The van der Waals surface area contributed by atoms with Gasteiger partial charge in [0.05, 0.1) is 0 Å². The normalized spacial score (nSPS) is 11.8. The van der Waals surface area contributed by atoms with Crippen LogP contribution in [-0.2, 0) is 11.2 Å². The Balaban J connectivity index is 1.73. The molecule has 104 valence electrons. The molecule has 0 aliphatic heterocycles. The maximum atomic E-state index is 11.8. The number of carbonyl (C=O) groups excluding carboxylic acids is 1. The number of nitrogens with one attached hydrogen (secondary N) is 1. The van der Waals surface area contributed by atoms with E-state index in [-0.39, 0.29) is 11.9 Å². The maximum Gasteiger partial charge on any atom is 0.221 e. The largest absolute Gasteiger partial charge is 0.356 e. The van der Waals surface area contributed by atoms with Gasteiger partial charge in [0.1, 0.15) is 0 Å². The van der Waals surface area contributed by atoms with Crippen LogP contribution >= 0.6 is 0 Å². The summed E-state index contributed by atoms with van der Waals surface area (Å²) in [4.78, 5) is 15.8. The van der Waals surface area contributed by atoms with Gasteiger partial charge < -0.3 is 11.1 Å². The first-order valence-corrected chi connectivity index (χ1v) is 6.72. The van der Waals surface area contributed by atoms with E-state index >= 15 is 0 Å². The summed E-state index contributed by atoms with van der Waals surface area (Å²) >= 11 is 0. The number of nitrogens with zero attached hydrogens (tertiary/aromatic N) is 1. The molecule has 1 aromatic heterocycles. The molecule has 0 saturated heterocycles. The fraction of sp³-hybridized carbons (Fsp3) is 0.250. The molecule has 0 radical (unpaired) electrons. The predicted octanol–water partition coefficient (Wildman–Crippen LogP) is 1.83. The van der Waals surface area contributed by atoms with Crippen LogP contribution in [0.5, 0.6) is 0 Å². The van der Waals surface area contributed by atoms with E-state index in [1.165, 1.54) is 0 Å². The highest BCUT2D eigenvalue weighted by Gasteiger charge is 2.10. The number of nitrogens with two attached hydrogens (primary N) is 1. The summed E-state index contributed by atoms with van der Waals surface area (Å²) < 4.78 is 0. The second-order valence-corrected chi connectivity index (χ2v) is 4.68. The summed E-state index contributed by atoms with van der Waals surface area (Å²) in [6.07, 6.45) is 4.63. The van der Waals surface area contributed by atoms with E-state index in [2.05, 4.69) is 10.3 Å². The fourth-order valence-corrected chi connectivity index (χ4v) is 1.98. The number of rotatable bonds is 6. The minimum atomic E-state index is -0.255. The Kier molecular flexibility index (Phi) is 5.26. The Hall–Kier alpha value is -2.20. The van der Waals surface area contributed by atoms with Gasteiger partial charge in [-0.05, 0) is 23.6 Å². The summed E-state index contributed by atoms with van der Waals surface area (Å²) in [5.74, 6) is -0.0229. The molecule has 2 rings (SSSR count). The van der Waals surface area contributed by atoms with E-state index in [1.807, 2.05) is 48.7 Å². The van der Waals surface area contributed by atoms with Crippen molar-refractivity contribution in [3.05, 3.63) is 66.0 Å². The Morgan fingerprint density at radius 2 is 2.00 bits per heavy atom. The molecular weight excluding hydrogens is 250 g/mol. The molecule has 1 aromatic carbocycles. The molecule has 1 amide bonds. The van der Waals surface area contributed by atoms with E-state index in [9.17, 15) is 4.79 Å². The molecule has 3 N–H and O–H groups in total. The third-order valence-corrected chi connectivity index (χ3v) is 3.09. The van der Waals surface area contributed by atoms with Gasteiger partial charge in [-0.3, -0.25) is 9.78 Å². The van der Waals surface area contributed by atoms with Crippen molar-refractivity contribution in [2.75, 3.05) is 6.54 Å². The zero-order valence-corrected chi connectivity index (χ0v) is 11.3. The van der Waals surface area contributed by atoms with E-state index < -0.39 is 0 Å². The van der Waals surface area contributed by atoms with Gasteiger partial charge in [-0.25, -0.2) is 0 Å². The van der Waals surface area contributed by atoms with Crippen LogP contribution in [0.2, 0.25) is 0 Å². The smallest absolute Gasteiger partial charge is 0.221 e. The van der Waals surface area contributed by atoms with Crippen LogP contribution in [0.4, 0.5) is 0 Å². The lowest BCUT2D eigenvalue weighted by molar-refractivity contribution is -0.121. The van der Waals surface area contributed by atoms with Gasteiger partial charge in [0.25, 0.3) is 0 Å². The van der Waals surface area contributed by atoms with Gasteiger partial charge in [0, 0.05) is 31.4 Å². The topological polar surface area (TPSA) is 68.0 Å². The number of hydrogen-bond acceptors (Lipinski definition) is 3. The molecule has 20 heavy (non-hydrogen) atoms. The number of aromatic nitrogens is 1. The predicted molar refractivity (Wildman–Crippen MR) is 78.9 cm³/mol. The minimum absolute atomic E-state index is 0.0229. The summed E-state index contributed by atoms with van der Waals surface area (Å²) in [7, 11) is 0. The molecule has 0 aliphatic rings. The lowest BCUT2D eigenvalue weighted by Crippen LogP contribution is -2.29. The zero-order valence-electron chi connectivity index (χ0n) is 11.3. The molecule has 2 aromatic rings. The Morgan fingerprint density at radius 3 is 2.70 bits per heavy atom. The van der Waals surface area contributed by atoms with Crippen molar-refractivity contribution in [1.29, 1.82) is 0 Å². The molecule has 1 heterocycles. The first-order valence-electron chi connectivity index (χ1n) is 6.72. The molecule has 1 unspecified atom stereocenters. The van der Waals surface area contributed by atoms with Crippen molar-refractivity contribution >= 4 is 5.91 Å². The Labute approximate surface area is 119 Å².